The average Bonchev–Trinajstić information content (AvgIpc) is 2.27. The minimum atomic E-state index is -0.145. The van der Waals surface area contributed by atoms with E-state index in [-0.39, 0.29) is 18.6 Å². The van der Waals surface area contributed by atoms with Crippen LogP contribution in [0.2, 0.25) is 0 Å². The molecular weight excluding hydrogens is 218 g/mol. The molecule has 0 spiro atoms. The minimum absolute atomic E-state index is 0.0561. The Bertz CT molecular complexity index is 363. The van der Waals surface area contributed by atoms with Gasteiger partial charge in [-0.05, 0) is 31.5 Å². The third-order valence-electron chi connectivity index (χ3n) is 2.07. The molecular formula is C13H19NO3. The fraction of sp³-hybridized carbons (Fsp3) is 0.462. The molecule has 94 valence electrons. The second-order valence-electron chi connectivity index (χ2n) is 4.04. The third-order valence-corrected chi connectivity index (χ3v) is 2.07. The highest BCUT2D eigenvalue weighted by Crippen LogP contribution is 2.11. The predicted octanol–water partition coefficient (Wildman–Crippen LogP) is 2.20. The molecule has 0 saturated carbocycles. The molecule has 1 rings (SSSR count). The first-order valence-electron chi connectivity index (χ1n) is 5.61. The molecule has 0 aliphatic carbocycles. The number of amides is 1. The smallest absolute Gasteiger partial charge is 0.250 e. The fourth-order valence-electron chi connectivity index (χ4n) is 1.34. The zero-order chi connectivity index (χ0) is 12.7. The Morgan fingerprint density at radius 3 is 2.82 bits per heavy atom. The fourth-order valence-corrected chi connectivity index (χ4v) is 1.34. The van der Waals surface area contributed by atoms with Gasteiger partial charge in [-0.25, -0.2) is 0 Å². The molecule has 0 heterocycles. The van der Waals surface area contributed by atoms with Crippen molar-refractivity contribution in [3.63, 3.8) is 0 Å². The van der Waals surface area contributed by atoms with E-state index < -0.39 is 0 Å². The zero-order valence-corrected chi connectivity index (χ0v) is 10.5. The van der Waals surface area contributed by atoms with E-state index in [1.54, 1.807) is 7.11 Å². The molecule has 0 aliphatic heterocycles. The quantitative estimate of drug-likeness (QED) is 0.825. The van der Waals surface area contributed by atoms with Gasteiger partial charge in [0.25, 0.3) is 0 Å². The molecule has 0 saturated heterocycles. The van der Waals surface area contributed by atoms with Gasteiger partial charge in [0, 0.05) is 12.8 Å². The van der Waals surface area contributed by atoms with E-state index in [2.05, 4.69) is 5.32 Å². The first kappa shape index (κ1) is 13.7. The van der Waals surface area contributed by atoms with E-state index in [4.69, 9.17) is 9.47 Å². The molecule has 0 atom stereocenters. The van der Waals surface area contributed by atoms with Crippen LogP contribution >= 0.6 is 0 Å². The molecule has 0 radical (unpaired) electrons. The number of hydrogen-bond acceptors (Lipinski definition) is 3. The van der Waals surface area contributed by atoms with Crippen molar-refractivity contribution in [1.82, 2.24) is 0 Å². The molecule has 0 aliphatic rings. The summed E-state index contributed by atoms with van der Waals surface area (Å²) >= 11 is 0. The van der Waals surface area contributed by atoms with E-state index in [9.17, 15) is 4.79 Å². The maximum atomic E-state index is 11.5. The third kappa shape index (κ3) is 5.47. The summed E-state index contributed by atoms with van der Waals surface area (Å²) in [5.74, 6) is -0.145. The van der Waals surface area contributed by atoms with Crippen LogP contribution in [-0.2, 0) is 20.9 Å². The molecule has 1 aromatic carbocycles. The number of carbonyl (C=O) groups excluding carboxylic acids is 1. The standard InChI is InChI=1S/C13H19NO3/c1-10(2)17-9-13(15)14-12-6-4-5-11(7-12)8-16-3/h4-7,10H,8-9H2,1-3H3,(H,14,15). The number of benzene rings is 1. The van der Waals surface area contributed by atoms with Crippen molar-refractivity contribution in [1.29, 1.82) is 0 Å². The van der Waals surface area contributed by atoms with Gasteiger partial charge in [0.15, 0.2) is 0 Å². The summed E-state index contributed by atoms with van der Waals surface area (Å²) < 4.78 is 10.2. The Labute approximate surface area is 102 Å². The highest BCUT2D eigenvalue weighted by Gasteiger charge is 2.04. The van der Waals surface area contributed by atoms with Gasteiger partial charge in [0.05, 0.1) is 12.7 Å². The van der Waals surface area contributed by atoms with Crippen molar-refractivity contribution in [2.24, 2.45) is 0 Å². The molecule has 0 fully saturated rings. The lowest BCUT2D eigenvalue weighted by Gasteiger charge is -2.09. The number of carbonyl (C=O) groups is 1. The van der Waals surface area contributed by atoms with Crippen LogP contribution in [0.3, 0.4) is 0 Å². The Hall–Kier alpha value is -1.39. The van der Waals surface area contributed by atoms with Gasteiger partial charge < -0.3 is 14.8 Å². The number of rotatable bonds is 6. The van der Waals surface area contributed by atoms with Gasteiger partial charge >= 0.3 is 0 Å². The van der Waals surface area contributed by atoms with Crippen molar-refractivity contribution >= 4 is 11.6 Å². The maximum Gasteiger partial charge on any atom is 0.250 e. The summed E-state index contributed by atoms with van der Waals surface area (Å²) in [6, 6.07) is 7.56. The van der Waals surface area contributed by atoms with Gasteiger partial charge in [-0.1, -0.05) is 12.1 Å². The molecule has 1 amide bonds. The van der Waals surface area contributed by atoms with E-state index >= 15 is 0 Å². The Kier molecular flexibility index (Phi) is 5.66. The average molecular weight is 237 g/mol. The maximum absolute atomic E-state index is 11.5. The van der Waals surface area contributed by atoms with Crippen LogP contribution in [-0.4, -0.2) is 25.7 Å². The number of hydrogen-bond donors (Lipinski definition) is 1. The molecule has 4 nitrogen and oxygen atoms in total. The van der Waals surface area contributed by atoms with Crippen molar-refractivity contribution in [3.8, 4) is 0 Å². The molecule has 17 heavy (non-hydrogen) atoms. The lowest BCUT2D eigenvalue weighted by Crippen LogP contribution is -2.20. The van der Waals surface area contributed by atoms with Crippen LogP contribution in [0.1, 0.15) is 19.4 Å². The number of methoxy groups -OCH3 is 1. The SMILES string of the molecule is COCc1cccc(NC(=O)COC(C)C)c1. The van der Waals surface area contributed by atoms with E-state index in [1.165, 1.54) is 0 Å². The van der Waals surface area contributed by atoms with Crippen molar-refractivity contribution in [2.45, 2.75) is 26.6 Å². The Morgan fingerprint density at radius 1 is 1.41 bits per heavy atom. The topological polar surface area (TPSA) is 47.6 Å². The Morgan fingerprint density at radius 2 is 2.18 bits per heavy atom. The normalized spacial score (nSPS) is 10.6. The monoisotopic (exact) mass is 237 g/mol. The van der Waals surface area contributed by atoms with Crippen LogP contribution < -0.4 is 5.32 Å². The largest absolute Gasteiger partial charge is 0.380 e. The first-order chi connectivity index (χ1) is 8.11. The second kappa shape index (κ2) is 7.04. The predicted molar refractivity (Wildman–Crippen MR) is 66.9 cm³/mol. The zero-order valence-electron chi connectivity index (χ0n) is 10.5. The molecule has 0 aromatic heterocycles. The molecule has 1 aromatic rings. The van der Waals surface area contributed by atoms with Crippen molar-refractivity contribution in [3.05, 3.63) is 29.8 Å². The van der Waals surface area contributed by atoms with E-state index in [1.807, 2.05) is 38.1 Å². The van der Waals surface area contributed by atoms with Crippen molar-refractivity contribution in [2.75, 3.05) is 19.0 Å². The molecule has 0 bridgehead atoms. The molecule has 1 N–H and O–H groups in total. The van der Waals surface area contributed by atoms with Gasteiger partial charge in [-0.3, -0.25) is 4.79 Å². The van der Waals surface area contributed by atoms with Crippen LogP contribution in [0.25, 0.3) is 0 Å². The van der Waals surface area contributed by atoms with Gasteiger partial charge in [-0.15, -0.1) is 0 Å². The first-order valence-corrected chi connectivity index (χ1v) is 5.61. The summed E-state index contributed by atoms with van der Waals surface area (Å²) in [6.45, 7) is 4.40. The highest BCUT2D eigenvalue weighted by molar-refractivity contribution is 5.91. The lowest BCUT2D eigenvalue weighted by molar-refractivity contribution is -0.121. The summed E-state index contributed by atoms with van der Waals surface area (Å²) in [6.07, 6.45) is 0.0561. The highest BCUT2D eigenvalue weighted by atomic mass is 16.5. The van der Waals surface area contributed by atoms with E-state index in [0.717, 1.165) is 11.3 Å². The lowest BCUT2D eigenvalue weighted by atomic mass is 10.2. The van der Waals surface area contributed by atoms with Crippen molar-refractivity contribution < 1.29 is 14.3 Å². The molecule has 4 heteroatoms. The van der Waals surface area contributed by atoms with Crippen LogP contribution in [0.5, 0.6) is 0 Å². The summed E-state index contributed by atoms with van der Waals surface area (Å²) in [7, 11) is 1.64. The second-order valence-corrected chi connectivity index (χ2v) is 4.04. The van der Waals surface area contributed by atoms with E-state index in [0.29, 0.717) is 6.61 Å². The van der Waals surface area contributed by atoms with Crippen LogP contribution in [0, 0.1) is 0 Å². The van der Waals surface area contributed by atoms with Gasteiger partial charge in [0.1, 0.15) is 6.61 Å². The minimum Gasteiger partial charge on any atom is -0.380 e. The molecule has 0 unspecified atom stereocenters. The summed E-state index contributed by atoms with van der Waals surface area (Å²) in [4.78, 5) is 11.5. The number of nitrogens with one attached hydrogen (secondary N) is 1. The number of anilines is 1. The summed E-state index contributed by atoms with van der Waals surface area (Å²) in [5.41, 5.74) is 1.78. The Balaban J connectivity index is 2.50. The number of ether oxygens (including phenoxy) is 2. The van der Waals surface area contributed by atoms with Gasteiger partial charge in [-0.2, -0.15) is 0 Å². The van der Waals surface area contributed by atoms with Crippen LogP contribution in [0.15, 0.2) is 24.3 Å². The summed E-state index contributed by atoms with van der Waals surface area (Å²) in [5, 5.41) is 2.78. The van der Waals surface area contributed by atoms with Crippen LogP contribution in [0.4, 0.5) is 5.69 Å². The van der Waals surface area contributed by atoms with Gasteiger partial charge in [0.2, 0.25) is 5.91 Å².